The van der Waals surface area contributed by atoms with Crippen LogP contribution in [0.3, 0.4) is 0 Å². The summed E-state index contributed by atoms with van der Waals surface area (Å²) in [7, 11) is 0. The van der Waals surface area contributed by atoms with Gasteiger partial charge in [0.25, 0.3) is 0 Å². The minimum Gasteiger partial charge on any atom is -0.395 e. The monoisotopic (exact) mass is 588 g/mol. The van der Waals surface area contributed by atoms with Gasteiger partial charge in [0.1, 0.15) is 0 Å². The van der Waals surface area contributed by atoms with Gasteiger partial charge in [0.15, 0.2) is 0 Å². The zero-order chi connectivity index (χ0) is 31.3. The summed E-state index contributed by atoms with van der Waals surface area (Å²) in [6.45, 7) is 8.47. The lowest BCUT2D eigenvalue weighted by Crippen LogP contribution is -2.12. The maximum absolute atomic E-state index is 10.6. The standard InChI is InChI=1S/C42H40N2O/c1-30-5-17-36(18-6-30)43(37-19-7-31(2)8-20-37)40-25-13-34(14-26-40)42(29-45)35-15-27-41(28-16-35)44(38-21-9-32(3)10-22-38)39-23-11-33(4)12-24-39/h5-28,42,45H,29H2,1-4H3. The minimum absolute atomic E-state index is 0.0258. The van der Waals surface area contributed by atoms with E-state index in [4.69, 9.17) is 0 Å². The van der Waals surface area contributed by atoms with E-state index in [0.717, 1.165) is 45.3 Å². The Hall–Kier alpha value is -5.12. The van der Waals surface area contributed by atoms with Crippen molar-refractivity contribution in [2.24, 2.45) is 0 Å². The second kappa shape index (κ2) is 13.3. The lowest BCUT2D eigenvalue weighted by atomic mass is 9.91. The molecule has 6 aromatic rings. The van der Waals surface area contributed by atoms with E-state index in [9.17, 15) is 5.11 Å². The molecule has 3 heteroatoms. The molecule has 3 nitrogen and oxygen atoms in total. The smallest absolute Gasteiger partial charge is 0.0540 e. The van der Waals surface area contributed by atoms with Gasteiger partial charge in [-0.2, -0.15) is 0 Å². The van der Waals surface area contributed by atoms with Crippen molar-refractivity contribution in [3.8, 4) is 0 Å². The summed E-state index contributed by atoms with van der Waals surface area (Å²) in [6.07, 6.45) is 0. The van der Waals surface area contributed by atoms with Crippen LogP contribution in [0.1, 0.15) is 39.3 Å². The molecule has 0 bridgehead atoms. The Morgan fingerprint density at radius 1 is 0.356 bits per heavy atom. The van der Waals surface area contributed by atoms with Gasteiger partial charge in [-0.3, -0.25) is 0 Å². The number of anilines is 6. The fourth-order valence-electron chi connectivity index (χ4n) is 5.78. The highest BCUT2D eigenvalue weighted by Crippen LogP contribution is 2.38. The number of nitrogens with zero attached hydrogens (tertiary/aromatic N) is 2. The number of aliphatic hydroxyl groups excluding tert-OH is 1. The Morgan fingerprint density at radius 2 is 0.556 bits per heavy atom. The Bertz CT molecular complexity index is 1590. The van der Waals surface area contributed by atoms with Crippen molar-refractivity contribution in [1.82, 2.24) is 0 Å². The maximum Gasteiger partial charge on any atom is 0.0540 e. The van der Waals surface area contributed by atoms with Gasteiger partial charge < -0.3 is 14.9 Å². The van der Waals surface area contributed by atoms with Crippen LogP contribution in [0.25, 0.3) is 0 Å². The summed E-state index contributed by atoms with van der Waals surface area (Å²) < 4.78 is 0. The molecule has 0 unspecified atom stereocenters. The van der Waals surface area contributed by atoms with E-state index in [-0.39, 0.29) is 12.5 Å². The van der Waals surface area contributed by atoms with Gasteiger partial charge in [0.2, 0.25) is 0 Å². The normalized spacial score (nSPS) is 11.1. The van der Waals surface area contributed by atoms with Crippen LogP contribution in [0.4, 0.5) is 34.1 Å². The van der Waals surface area contributed by atoms with E-state index < -0.39 is 0 Å². The number of rotatable bonds is 9. The van der Waals surface area contributed by atoms with Crippen LogP contribution in [0.15, 0.2) is 146 Å². The molecule has 1 N–H and O–H groups in total. The molecule has 0 saturated carbocycles. The van der Waals surface area contributed by atoms with Crippen LogP contribution in [0.2, 0.25) is 0 Å². The largest absolute Gasteiger partial charge is 0.395 e. The van der Waals surface area contributed by atoms with E-state index in [1.165, 1.54) is 22.3 Å². The minimum atomic E-state index is -0.132. The van der Waals surface area contributed by atoms with Gasteiger partial charge in [-0.05, 0) is 112 Å². The third-order valence-corrected chi connectivity index (χ3v) is 8.46. The SMILES string of the molecule is Cc1ccc(N(c2ccc(C)cc2)c2ccc(C(CO)c3ccc(N(c4ccc(C)cc4)c4ccc(C)cc4)cc3)cc2)cc1. The molecule has 0 atom stereocenters. The lowest BCUT2D eigenvalue weighted by molar-refractivity contribution is 0.280. The summed E-state index contributed by atoms with van der Waals surface area (Å²) in [5.74, 6) is -0.132. The summed E-state index contributed by atoms with van der Waals surface area (Å²) in [4.78, 5) is 4.55. The Balaban J connectivity index is 1.30. The zero-order valence-electron chi connectivity index (χ0n) is 26.5. The zero-order valence-corrected chi connectivity index (χ0v) is 26.5. The molecule has 0 radical (unpaired) electrons. The van der Waals surface area contributed by atoms with Gasteiger partial charge in [0, 0.05) is 40.0 Å². The molecule has 224 valence electrons. The number of aryl methyl sites for hydroxylation is 4. The lowest BCUT2D eigenvalue weighted by Gasteiger charge is -2.27. The molecule has 0 heterocycles. The average molecular weight is 589 g/mol. The quantitative estimate of drug-likeness (QED) is 0.182. The molecule has 0 saturated heterocycles. The van der Waals surface area contributed by atoms with E-state index in [0.29, 0.717) is 0 Å². The van der Waals surface area contributed by atoms with E-state index in [2.05, 4.69) is 183 Å². The molecule has 0 aromatic heterocycles. The van der Waals surface area contributed by atoms with Crippen LogP contribution in [-0.4, -0.2) is 11.7 Å². The van der Waals surface area contributed by atoms with Gasteiger partial charge in [0.05, 0.1) is 6.61 Å². The molecule has 0 aliphatic rings. The molecular formula is C42H40N2O. The Labute approximate surface area is 267 Å². The van der Waals surface area contributed by atoms with Crippen LogP contribution >= 0.6 is 0 Å². The van der Waals surface area contributed by atoms with Gasteiger partial charge in [-0.15, -0.1) is 0 Å². The van der Waals surface area contributed by atoms with Crippen molar-refractivity contribution in [2.45, 2.75) is 33.6 Å². The summed E-state index contributed by atoms with van der Waals surface area (Å²) in [6, 6.07) is 51.7. The van der Waals surface area contributed by atoms with Crippen LogP contribution in [0, 0.1) is 27.7 Å². The van der Waals surface area contributed by atoms with E-state index in [1.54, 1.807) is 0 Å². The van der Waals surface area contributed by atoms with Crippen molar-refractivity contribution in [3.05, 3.63) is 179 Å². The van der Waals surface area contributed by atoms with Crippen molar-refractivity contribution in [3.63, 3.8) is 0 Å². The highest BCUT2D eigenvalue weighted by molar-refractivity contribution is 5.78. The van der Waals surface area contributed by atoms with Crippen molar-refractivity contribution in [2.75, 3.05) is 16.4 Å². The first kappa shape index (κ1) is 29.9. The van der Waals surface area contributed by atoms with Gasteiger partial charge in [-0.1, -0.05) is 95.1 Å². The summed E-state index contributed by atoms with van der Waals surface area (Å²) in [5.41, 5.74) is 13.7. The van der Waals surface area contributed by atoms with Crippen LogP contribution in [0.5, 0.6) is 0 Å². The van der Waals surface area contributed by atoms with Crippen molar-refractivity contribution >= 4 is 34.1 Å². The predicted octanol–water partition coefficient (Wildman–Crippen LogP) is 11.0. The van der Waals surface area contributed by atoms with Gasteiger partial charge in [-0.25, -0.2) is 0 Å². The fourth-order valence-corrected chi connectivity index (χ4v) is 5.78. The average Bonchev–Trinajstić information content (AvgIpc) is 3.06. The second-order valence-electron chi connectivity index (χ2n) is 11.9. The number of aliphatic hydroxyl groups is 1. The predicted molar refractivity (Wildman–Crippen MR) is 190 cm³/mol. The first-order valence-corrected chi connectivity index (χ1v) is 15.6. The molecule has 0 spiro atoms. The summed E-state index contributed by atoms with van der Waals surface area (Å²) in [5, 5.41) is 10.6. The van der Waals surface area contributed by atoms with E-state index >= 15 is 0 Å². The Kier molecular flexibility index (Phi) is 8.81. The number of hydrogen-bond acceptors (Lipinski definition) is 3. The molecule has 6 aromatic carbocycles. The highest BCUT2D eigenvalue weighted by Gasteiger charge is 2.18. The topological polar surface area (TPSA) is 26.7 Å². The Morgan fingerprint density at radius 3 is 0.756 bits per heavy atom. The summed E-state index contributed by atoms with van der Waals surface area (Å²) >= 11 is 0. The fraction of sp³-hybridized carbons (Fsp3) is 0.143. The molecule has 0 amide bonds. The number of hydrogen-bond donors (Lipinski definition) is 1. The van der Waals surface area contributed by atoms with Gasteiger partial charge >= 0.3 is 0 Å². The third-order valence-electron chi connectivity index (χ3n) is 8.46. The first-order valence-electron chi connectivity index (χ1n) is 15.6. The number of benzene rings is 6. The van der Waals surface area contributed by atoms with Crippen molar-refractivity contribution < 1.29 is 5.11 Å². The molecule has 0 aliphatic carbocycles. The second-order valence-corrected chi connectivity index (χ2v) is 11.9. The van der Waals surface area contributed by atoms with Crippen molar-refractivity contribution in [1.29, 1.82) is 0 Å². The van der Waals surface area contributed by atoms with Crippen LogP contribution in [-0.2, 0) is 0 Å². The van der Waals surface area contributed by atoms with E-state index in [1.807, 2.05) is 0 Å². The molecule has 45 heavy (non-hydrogen) atoms. The first-order chi connectivity index (χ1) is 21.9. The highest BCUT2D eigenvalue weighted by atomic mass is 16.3. The maximum atomic E-state index is 10.6. The third kappa shape index (κ3) is 6.69. The molecule has 0 aliphatic heterocycles. The molecule has 0 fully saturated rings. The molecule has 6 rings (SSSR count). The molecular weight excluding hydrogens is 548 g/mol. The van der Waals surface area contributed by atoms with Crippen LogP contribution < -0.4 is 9.80 Å².